The molecule has 5 heteroatoms. The van der Waals surface area contributed by atoms with Crippen LogP contribution in [0.2, 0.25) is 0 Å². The molecule has 2 N–H and O–H groups in total. The molecular weight excluding hydrogens is 250 g/mol. The lowest BCUT2D eigenvalue weighted by Crippen LogP contribution is -2.16. The number of aromatic nitrogens is 2. The SMILES string of the molecule is Cc1ccc(-c2noc([C@@H](N)C(C)C)n2)cc1.Cl. The monoisotopic (exact) mass is 267 g/mol. The Hall–Kier alpha value is -1.39. The van der Waals surface area contributed by atoms with Gasteiger partial charge in [0.1, 0.15) is 0 Å². The average Bonchev–Trinajstić information content (AvgIpc) is 2.78. The van der Waals surface area contributed by atoms with Crippen molar-refractivity contribution in [2.24, 2.45) is 11.7 Å². The Morgan fingerprint density at radius 3 is 2.33 bits per heavy atom. The molecule has 0 radical (unpaired) electrons. The molecule has 0 amide bonds. The molecule has 4 nitrogen and oxygen atoms in total. The molecule has 0 saturated carbocycles. The van der Waals surface area contributed by atoms with Crippen LogP contribution in [0.3, 0.4) is 0 Å². The number of halogens is 1. The van der Waals surface area contributed by atoms with Gasteiger partial charge < -0.3 is 10.3 Å². The minimum absolute atomic E-state index is 0. The minimum Gasteiger partial charge on any atom is -0.337 e. The van der Waals surface area contributed by atoms with Gasteiger partial charge >= 0.3 is 0 Å². The topological polar surface area (TPSA) is 64.9 Å². The van der Waals surface area contributed by atoms with E-state index in [2.05, 4.69) is 10.1 Å². The molecule has 18 heavy (non-hydrogen) atoms. The maximum Gasteiger partial charge on any atom is 0.244 e. The molecule has 1 atom stereocenters. The maximum atomic E-state index is 5.96. The highest BCUT2D eigenvalue weighted by Crippen LogP contribution is 2.21. The second-order valence-corrected chi connectivity index (χ2v) is 4.59. The van der Waals surface area contributed by atoms with Crippen LogP contribution in [0.4, 0.5) is 0 Å². The predicted molar refractivity (Wildman–Crippen MR) is 73.5 cm³/mol. The summed E-state index contributed by atoms with van der Waals surface area (Å²) in [5, 5.41) is 3.95. The van der Waals surface area contributed by atoms with Gasteiger partial charge in [-0.2, -0.15) is 4.98 Å². The smallest absolute Gasteiger partial charge is 0.244 e. The van der Waals surface area contributed by atoms with Crippen LogP contribution < -0.4 is 5.73 Å². The van der Waals surface area contributed by atoms with Crippen molar-refractivity contribution in [2.75, 3.05) is 0 Å². The van der Waals surface area contributed by atoms with Crippen molar-refractivity contribution in [1.82, 2.24) is 10.1 Å². The Balaban J connectivity index is 0.00000162. The third kappa shape index (κ3) is 3.09. The van der Waals surface area contributed by atoms with E-state index >= 15 is 0 Å². The number of hydrogen-bond acceptors (Lipinski definition) is 4. The number of nitrogens with zero attached hydrogens (tertiary/aromatic N) is 2. The zero-order valence-corrected chi connectivity index (χ0v) is 11.6. The highest BCUT2D eigenvalue weighted by molar-refractivity contribution is 5.85. The molecular formula is C13H18ClN3O. The van der Waals surface area contributed by atoms with Crippen molar-refractivity contribution in [3.8, 4) is 11.4 Å². The van der Waals surface area contributed by atoms with E-state index in [-0.39, 0.29) is 24.4 Å². The summed E-state index contributed by atoms with van der Waals surface area (Å²) in [7, 11) is 0. The second-order valence-electron chi connectivity index (χ2n) is 4.59. The van der Waals surface area contributed by atoms with Crippen LogP contribution in [0.1, 0.15) is 31.3 Å². The first-order valence-corrected chi connectivity index (χ1v) is 5.74. The van der Waals surface area contributed by atoms with E-state index in [4.69, 9.17) is 10.3 Å². The molecule has 0 unspecified atom stereocenters. The van der Waals surface area contributed by atoms with Crippen LogP contribution in [0.5, 0.6) is 0 Å². The van der Waals surface area contributed by atoms with Gasteiger partial charge in [-0.25, -0.2) is 0 Å². The van der Waals surface area contributed by atoms with Gasteiger partial charge in [0.15, 0.2) is 0 Å². The number of nitrogens with two attached hydrogens (primary N) is 1. The Morgan fingerprint density at radius 2 is 1.78 bits per heavy atom. The highest BCUT2D eigenvalue weighted by Gasteiger charge is 2.18. The number of rotatable bonds is 3. The van der Waals surface area contributed by atoms with Crippen LogP contribution in [0.15, 0.2) is 28.8 Å². The molecule has 2 rings (SSSR count). The molecule has 0 fully saturated rings. The van der Waals surface area contributed by atoms with Crippen LogP contribution in [0, 0.1) is 12.8 Å². The van der Waals surface area contributed by atoms with Gasteiger partial charge in [0.25, 0.3) is 0 Å². The summed E-state index contributed by atoms with van der Waals surface area (Å²) >= 11 is 0. The fourth-order valence-electron chi connectivity index (χ4n) is 1.48. The third-order valence-electron chi connectivity index (χ3n) is 2.75. The largest absolute Gasteiger partial charge is 0.337 e. The minimum atomic E-state index is -0.207. The lowest BCUT2D eigenvalue weighted by atomic mass is 10.1. The van der Waals surface area contributed by atoms with E-state index in [0.717, 1.165) is 5.56 Å². The zero-order valence-electron chi connectivity index (χ0n) is 10.8. The quantitative estimate of drug-likeness (QED) is 0.928. The van der Waals surface area contributed by atoms with Crippen LogP contribution >= 0.6 is 12.4 Å². The van der Waals surface area contributed by atoms with Crippen molar-refractivity contribution in [3.05, 3.63) is 35.7 Å². The third-order valence-corrected chi connectivity index (χ3v) is 2.75. The molecule has 0 aliphatic rings. The molecule has 0 aliphatic carbocycles. The van der Waals surface area contributed by atoms with Crippen LogP contribution in [-0.2, 0) is 0 Å². The Morgan fingerprint density at radius 1 is 1.17 bits per heavy atom. The summed E-state index contributed by atoms with van der Waals surface area (Å²) in [4.78, 5) is 4.33. The molecule has 98 valence electrons. The molecule has 1 heterocycles. The lowest BCUT2D eigenvalue weighted by Gasteiger charge is -2.09. The molecule has 0 saturated heterocycles. The van der Waals surface area contributed by atoms with Gasteiger partial charge in [-0.05, 0) is 12.8 Å². The predicted octanol–water partition coefficient (Wildman–Crippen LogP) is 3.12. The first kappa shape index (κ1) is 14.7. The average molecular weight is 268 g/mol. The number of benzene rings is 1. The Bertz CT molecular complexity index is 493. The lowest BCUT2D eigenvalue weighted by molar-refractivity contribution is 0.325. The molecule has 2 aromatic rings. The molecule has 1 aromatic heterocycles. The molecule has 0 aliphatic heterocycles. The van der Waals surface area contributed by atoms with Crippen molar-refractivity contribution in [1.29, 1.82) is 0 Å². The fraction of sp³-hybridized carbons (Fsp3) is 0.385. The van der Waals surface area contributed by atoms with Crippen LogP contribution in [-0.4, -0.2) is 10.1 Å². The first-order chi connectivity index (χ1) is 8.08. The van der Waals surface area contributed by atoms with Gasteiger partial charge in [0.2, 0.25) is 11.7 Å². The van der Waals surface area contributed by atoms with Crippen molar-refractivity contribution in [2.45, 2.75) is 26.8 Å². The van der Waals surface area contributed by atoms with Crippen molar-refractivity contribution < 1.29 is 4.52 Å². The Labute approximate surface area is 113 Å². The highest BCUT2D eigenvalue weighted by atomic mass is 35.5. The van der Waals surface area contributed by atoms with E-state index in [1.807, 2.05) is 45.0 Å². The maximum absolute atomic E-state index is 5.96. The molecule has 1 aromatic carbocycles. The molecule has 0 bridgehead atoms. The standard InChI is InChI=1S/C13H17N3O.ClH/c1-8(2)11(14)13-15-12(16-17-13)10-6-4-9(3)5-7-10;/h4-8,11H,14H2,1-3H3;1H/t11-;/m0./s1. The van der Waals surface area contributed by atoms with Gasteiger partial charge in [-0.15, -0.1) is 12.4 Å². The van der Waals surface area contributed by atoms with Crippen molar-refractivity contribution >= 4 is 12.4 Å². The number of aryl methyl sites for hydroxylation is 1. The van der Waals surface area contributed by atoms with E-state index < -0.39 is 0 Å². The van der Waals surface area contributed by atoms with Gasteiger partial charge in [-0.3, -0.25) is 0 Å². The van der Waals surface area contributed by atoms with E-state index in [9.17, 15) is 0 Å². The Kier molecular flexibility index (Phi) is 4.87. The fourth-order valence-corrected chi connectivity index (χ4v) is 1.48. The summed E-state index contributed by atoms with van der Waals surface area (Å²) in [5.41, 5.74) is 8.11. The first-order valence-electron chi connectivity index (χ1n) is 5.74. The summed E-state index contributed by atoms with van der Waals surface area (Å²) in [5.74, 6) is 1.37. The van der Waals surface area contributed by atoms with E-state index in [1.165, 1.54) is 5.56 Å². The van der Waals surface area contributed by atoms with Gasteiger partial charge in [-0.1, -0.05) is 48.8 Å². The van der Waals surface area contributed by atoms with Gasteiger partial charge in [0.05, 0.1) is 6.04 Å². The van der Waals surface area contributed by atoms with E-state index in [1.54, 1.807) is 0 Å². The molecule has 0 spiro atoms. The van der Waals surface area contributed by atoms with Gasteiger partial charge in [0, 0.05) is 5.56 Å². The summed E-state index contributed by atoms with van der Waals surface area (Å²) in [6.45, 7) is 6.10. The van der Waals surface area contributed by atoms with Crippen molar-refractivity contribution in [3.63, 3.8) is 0 Å². The zero-order chi connectivity index (χ0) is 12.4. The van der Waals surface area contributed by atoms with E-state index in [0.29, 0.717) is 11.7 Å². The second kappa shape index (κ2) is 5.98. The summed E-state index contributed by atoms with van der Waals surface area (Å²) in [6, 6.07) is 7.79. The summed E-state index contributed by atoms with van der Waals surface area (Å²) in [6.07, 6.45) is 0. The number of hydrogen-bond donors (Lipinski definition) is 1. The van der Waals surface area contributed by atoms with Crippen LogP contribution in [0.25, 0.3) is 11.4 Å². The summed E-state index contributed by atoms with van der Waals surface area (Å²) < 4.78 is 5.19. The normalized spacial score (nSPS) is 12.3.